The van der Waals surface area contributed by atoms with Gasteiger partial charge in [-0.05, 0) is 32.5 Å². The number of hydrogen-bond donors (Lipinski definition) is 2. The molecule has 0 amide bonds. The fraction of sp³-hybridized carbons (Fsp3) is 0.429. The molecule has 0 aliphatic heterocycles. The highest BCUT2D eigenvalue weighted by molar-refractivity contribution is 7.14. The number of nitrogens with zero attached hydrogens (tertiary/aromatic N) is 2. The summed E-state index contributed by atoms with van der Waals surface area (Å²) in [6.45, 7) is 6.02. The molecule has 0 aliphatic rings. The molecule has 5 heteroatoms. The van der Waals surface area contributed by atoms with Crippen LogP contribution in [0.3, 0.4) is 0 Å². The lowest BCUT2D eigenvalue weighted by molar-refractivity contribution is 0.471. The van der Waals surface area contributed by atoms with E-state index in [2.05, 4.69) is 22.4 Å². The van der Waals surface area contributed by atoms with E-state index in [4.69, 9.17) is 0 Å². The van der Waals surface area contributed by atoms with Crippen molar-refractivity contribution in [1.82, 2.24) is 15.5 Å². The van der Waals surface area contributed by atoms with Crippen molar-refractivity contribution in [1.29, 1.82) is 0 Å². The van der Waals surface area contributed by atoms with Crippen LogP contribution < -0.4 is 5.32 Å². The maximum Gasteiger partial charge on any atom is 0.148 e. The molecule has 1 aromatic carbocycles. The van der Waals surface area contributed by atoms with Gasteiger partial charge in [0.25, 0.3) is 0 Å². The zero-order valence-corrected chi connectivity index (χ0v) is 12.1. The van der Waals surface area contributed by atoms with Crippen LogP contribution in [0.25, 0.3) is 10.6 Å². The quantitative estimate of drug-likeness (QED) is 0.797. The normalized spacial score (nSPS) is 10.8. The van der Waals surface area contributed by atoms with Gasteiger partial charge < -0.3 is 10.4 Å². The predicted octanol–water partition coefficient (Wildman–Crippen LogP) is 2.76. The van der Waals surface area contributed by atoms with Crippen molar-refractivity contribution in [2.75, 3.05) is 13.1 Å². The number of hydrogen-bond acceptors (Lipinski definition) is 5. The van der Waals surface area contributed by atoms with E-state index >= 15 is 0 Å². The Bertz CT molecular complexity index is 539. The van der Waals surface area contributed by atoms with E-state index in [-0.39, 0.29) is 0 Å². The van der Waals surface area contributed by atoms with E-state index < -0.39 is 0 Å². The summed E-state index contributed by atoms with van der Waals surface area (Å²) in [5.74, 6) is 0.307. The standard InChI is InChI=1S/C14H19N3OS/c1-3-15-9-5-8-13-16-17-14(19-13)11-6-4-7-12(18)10(11)2/h4,6-7,15,18H,3,5,8-9H2,1-2H3. The van der Waals surface area contributed by atoms with Crippen LogP contribution in [0.2, 0.25) is 0 Å². The van der Waals surface area contributed by atoms with Crippen LogP contribution in [0.1, 0.15) is 23.9 Å². The molecule has 0 radical (unpaired) electrons. The first kappa shape index (κ1) is 14.0. The molecule has 0 atom stereocenters. The third-order valence-electron chi connectivity index (χ3n) is 3.00. The van der Waals surface area contributed by atoms with E-state index in [0.29, 0.717) is 5.75 Å². The van der Waals surface area contributed by atoms with Gasteiger partial charge in [-0.15, -0.1) is 10.2 Å². The summed E-state index contributed by atoms with van der Waals surface area (Å²) in [5, 5.41) is 23.4. The van der Waals surface area contributed by atoms with Crippen molar-refractivity contribution in [3.63, 3.8) is 0 Å². The first-order valence-electron chi connectivity index (χ1n) is 6.54. The fourth-order valence-corrected chi connectivity index (χ4v) is 2.82. The van der Waals surface area contributed by atoms with E-state index in [9.17, 15) is 5.11 Å². The maximum atomic E-state index is 9.72. The SMILES string of the molecule is CCNCCCc1nnc(-c2cccc(O)c2C)s1. The minimum atomic E-state index is 0.307. The summed E-state index contributed by atoms with van der Waals surface area (Å²) < 4.78 is 0. The summed E-state index contributed by atoms with van der Waals surface area (Å²) in [5.41, 5.74) is 1.83. The molecule has 0 saturated carbocycles. The molecule has 0 aliphatic carbocycles. The molecule has 2 rings (SSSR count). The smallest absolute Gasteiger partial charge is 0.148 e. The number of benzene rings is 1. The number of rotatable bonds is 6. The van der Waals surface area contributed by atoms with Gasteiger partial charge in [0.15, 0.2) is 0 Å². The molecule has 102 valence electrons. The minimum absolute atomic E-state index is 0.307. The van der Waals surface area contributed by atoms with Crippen LogP contribution in [0.4, 0.5) is 0 Å². The zero-order valence-electron chi connectivity index (χ0n) is 11.3. The van der Waals surface area contributed by atoms with Crippen molar-refractivity contribution < 1.29 is 5.11 Å². The molecule has 0 saturated heterocycles. The van der Waals surface area contributed by atoms with Gasteiger partial charge in [0, 0.05) is 17.5 Å². The molecule has 0 unspecified atom stereocenters. The molecule has 1 aromatic heterocycles. The van der Waals surface area contributed by atoms with Gasteiger partial charge in [-0.3, -0.25) is 0 Å². The third kappa shape index (κ3) is 3.52. The number of phenols is 1. The van der Waals surface area contributed by atoms with E-state index in [1.165, 1.54) is 0 Å². The van der Waals surface area contributed by atoms with E-state index in [1.54, 1.807) is 17.4 Å². The van der Waals surface area contributed by atoms with Crippen LogP contribution in [-0.2, 0) is 6.42 Å². The molecule has 4 nitrogen and oxygen atoms in total. The van der Waals surface area contributed by atoms with Gasteiger partial charge in [0.05, 0.1) is 0 Å². The Hall–Kier alpha value is -1.46. The lowest BCUT2D eigenvalue weighted by atomic mass is 10.1. The van der Waals surface area contributed by atoms with Crippen LogP contribution in [-0.4, -0.2) is 28.4 Å². The van der Waals surface area contributed by atoms with Crippen LogP contribution >= 0.6 is 11.3 Å². The third-order valence-corrected chi connectivity index (χ3v) is 4.01. The molecule has 2 N–H and O–H groups in total. The molecule has 1 heterocycles. The molecule has 0 spiro atoms. The topological polar surface area (TPSA) is 58.0 Å². The van der Waals surface area contributed by atoms with Crippen molar-refractivity contribution in [2.24, 2.45) is 0 Å². The first-order chi connectivity index (χ1) is 9.22. The highest BCUT2D eigenvalue weighted by Crippen LogP contribution is 2.31. The summed E-state index contributed by atoms with van der Waals surface area (Å²) in [7, 11) is 0. The van der Waals surface area contributed by atoms with Crippen molar-refractivity contribution in [3.8, 4) is 16.3 Å². The average molecular weight is 277 g/mol. The zero-order chi connectivity index (χ0) is 13.7. The highest BCUT2D eigenvalue weighted by atomic mass is 32.1. The van der Waals surface area contributed by atoms with Crippen LogP contribution in [0.15, 0.2) is 18.2 Å². The number of nitrogens with one attached hydrogen (secondary N) is 1. The highest BCUT2D eigenvalue weighted by Gasteiger charge is 2.10. The second-order valence-electron chi connectivity index (χ2n) is 4.41. The largest absolute Gasteiger partial charge is 0.508 e. The van der Waals surface area contributed by atoms with Crippen LogP contribution in [0.5, 0.6) is 5.75 Å². The Morgan fingerprint density at radius 2 is 2.16 bits per heavy atom. The monoisotopic (exact) mass is 277 g/mol. The second kappa shape index (κ2) is 6.63. The maximum absolute atomic E-state index is 9.72. The van der Waals surface area contributed by atoms with Gasteiger partial charge in [0.1, 0.15) is 15.8 Å². The van der Waals surface area contributed by atoms with E-state index in [1.807, 2.05) is 19.1 Å². The van der Waals surface area contributed by atoms with Crippen molar-refractivity contribution in [3.05, 3.63) is 28.8 Å². The van der Waals surface area contributed by atoms with Gasteiger partial charge in [-0.1, -0.05) is 30.4 Å². The van der Waals surface area contributed by atoms with Gasteiger partial charge in [-0.2, -0.15) is 0 Å². The minimum Gasteiger partial charge on any atom is -0.508 e. The Balaban J connectivity index is 2.06. The fourth-order valence-electron chi connectivity index (χ4n) is 1.86. The van der Waals surface area contributed by atoms with Crippen molar-refractivity contribution in [2.45, 2.75) is 26.7 Å². The van der Waals surface area contributed by atoms with E-state index in [0.717, 1.165) is 47.1 Å². The Morgan fingerprint density at radius 1 is 1.32 bits per heavy atom. The first-order valence-corrected chi connectivity index (χ1v) is 7.36. The summed E-state index contributed by atoms with van der Waals surface area (Å²) in [6, 6.07) is 5.50. The Morgan fingerprint density at radius 3 is 2.95 bits per heavy atom. The van der Waals surface area contributed by atoms with Crippen LogP contribution in [0, 0.1) is 6.92 Å². The summed E-state index contributed by atoms with van der Waals surface area (Å²) in [6.07, 6.45) is 2.02. The lowest BCUT2D eigenvalue weighted by Gasteiger charge is -2.02. The lowest BCUT2D eigenvalue weighted by Crippen LogP contribution is -2.14. The predicted molar refractivity (Wildman–Crippen MR) is 78.6 cm³/mol. The number of aromatic hydroxyl groups is 1. The summed E-state index contributed by atoms with van der Waals surface area (Å²) >= 11 is 1.61. The molecular weight excluding hydrogens is 258 g/mol. The van der Waals surface area contributed by atoms with Crippen molar-refractivity contribution >= 4 is 11.3 Å². The number of phenolic OH excluding ortho intramolecular Hbond substituents is 1. The molecule has 0 bridgehead atoms. The molecule has 19 heavy (non-hydrogen) atoms. The number of aromatic nitrogens is 2. The Labute approximate surface area is 117 Å². The van der Waals surface area contributed by atoms with Gasteiger partial charge in [0.2, 0.25) is 0 Å². The Kier molecular flexibility index (Phi) is 4.87. The van der Waals surface area contributed by atoms with Gasteiger partial charge in [-0.25, -0.2) is 0 Å². The average Bonchev–Trinajstić information content (AvgIpc) is 2.87. The molecular formula is C14H19N3OS. The second-order valence-corrected chi connectivity index (χ2v) is 5.47. The summed E-state index contributed by atoms with van der Waals surface area (Å²) in [4.78, 5) is 0. The molecule has 0 fully saturated rings. The molecule has 2 aromatic rings. The number of aryl methyl sites for hydroxylation is 1. The van der Waals surface area contributed by atoms with Gasteiger partial charge >= 0.3 is 0 Å².